The minimum atomic E-state index is 1.12. The molecule has 58 heavy (non-hydrogen) atoms. The van der Waals surface area contributed by atoms with Crippen molar-refractivity contribution in [2.24, 2.45) is 0 Å². The van der Waals surface area contributed by atoms with Crippen LogP contribution in [0.25, 0.3) is 90.1 Å². The summed E-state index contributed by atoms with van der Waals surface area (Å²) in [4.78, 5) is 3.71. The van der Waals surface area contributed by atoms with Crippen molar-refractivity contribution in [2.45, 2.75) is 0 Å². The third-order valence-corrected chi connectivity index (χ3v) is 14.0. The largest absolute Gasteiger partial charge is 0.309 e. The topological polar surface area (TPSA) is 8.17 Å². The Kier molecular flexibility index (Phi) is 7.62. The summed E-state index contributed by atoms with van der Waals surface area (Å²) < 4.78 is 6.31. The van der Waals surface area contributed by atoms with Crippen LogP contribution in [0.4, 0.5) is 17.1 Å². The van der Waals surface area contributed by atoms with Crippen molar-refractivity contribution < 1.29 is 0 Å². The van der Waals surface area contributed by atoms with Crippen LogP contribution in [0.15, 0.2) is 206 Å². The minimum Gasteiger partial charge on any atom is -0.309 e. The number of aromatic nitrogens is 1. The number of nitrogens with zero attached hydrogens (tertiary/aromatic N) is 2. The first-order chi connectivity index (χ1) is 28.7. The molecule has 0 aliphatic carbocycles. The van der Waals surface area contributed by atoms with E-state index >= 15 is 0 Å². The van der Waals surface area contributed by atoms with Crippen LogP contribution in [-0.2, 0) is 0 Å². The lowest BCUT2D eigenvalue weighted by molar-refractivity contribution is 1.19. The van der Waals surface area contributed by atoms with Crippen molar-refractivity contribution in [2.75, 3.05) is 4.90 Å². The summed E-state index contributed by atoms with van der Waals surface area (Å²) in [7, 11) is 0. The van der Waals surface area contributed by atoms with E-state index < -0.39 is 0 Å². The molecule has 4 heteroatoms. The van der Waals surface area contributed by atoms with Gasteiger partial charge in [0, 0.05) is 53.4 Å². The van der Waals surface area contributed by atoms with Gasteiger partial charge in [0.25, 0.3) is 0 Å². The highest BCUT2D eigenvalue weighted by atomic mass is 32.1. The lowest BCUT2D eigenvalue weighted by atomic mass is 10.0. The summed E-state index contributed by atoms with van der Waals surface area (Å²) in [5.74, 6) is 0. The molecule has 3 aromatic heterocycles. The fraction of sp³-hybridized carbons (Fsp3) is 0. The van der Waals surface area contributed by atoms with Gasteiger partial charge in [-0.1, -0.05) is 133 Å². The monoisotopic (exact) mass is 774 g/mol. The Labute approximate surface area is 343 Å². The molecule has 0 saturated heterocycles. The van der Waals surface area contributed by atoms with Crippen LogP contribution >= 0.6 is 22.7 Å². The van der Waals surface area contributed by atoms with Gasteiger partial charge >= 0.3 is 0 Å². The molecule has 9 aromatic carbocycles. The van der Waals surface area contributed by atoms with Gasteiger partial charge in [-0.3, -0.25) is 0 Å². The van der Waals surface area contributed by atoms with E-state index in [4.69, 9.17) is 0 Å². The highest BCUT2D eigenvalue weighted by Crippen LogP contribution is 2.46. The number of fused-ring (bicyclic) bond motifs is 9. The predicted molar refractivity (Wildman–Crippen MR) is 252 cm³/mol. The van der Waals surface area contributed by atoms with Gasteiger partial charge in [0.2, 0.25) is 0 Å². The van der Waals surface area contributed by atoms with Crippen molar-refractivity contribution in [3.05, 3.63) is 206 Å². The lowest BCUT2D eigenvalue weighted by Crippen LogP contribution is -2.10. The van der Waals surface area contributed by atoms with Crippen molar-refractivity contribution in [3.63, 3.8) is 0 Å². The van der Waals surface area contributed by atoms with Gasteiger partial charge < -0.3 is 9.47 Å². The molecular weight excluding hydrogens is 741 g/mol. The molecule has 0 amide bonds. The molecule has 0 atom stereocenters. The van der Waals surface area contributed by atoms with E-state index in [1.54, 1.807) is 0 Å². The molecule has 272 valence electrons. The number of anilines is 3. The van der Waals surface area contributed by atoms with Gasteiger partial charge in [-0.25, -0.2) is 0 Å². The van der Waals surface area contributed by atoms with Crippen LogP contribution in [0, 0.1) is 0 Å². The number of hydrogen-bond acceptors (Lipinski definition) is 3. The van der Waals surface area contributed by atoms with Crippen LogP contribution in [0.2, 0.25) is 0 Å². The Balaban J connectivity index is 0.974. The van der Waals surface area contributed by atoms with Crippen LogP contribution < -0.4 is 4.90 Å². The van der Waals surface area contributed by atoms with Crippen LogP contribution in [-0.4, -0.2) is 4.57 Å². The summed E-state index contributed by atoms with van der Waals surface area (Å²) in [6, 6.07) is 75.5. The number of thiophene rings is 2. The maximum atomic E-state index is 2.43. The predicted octanol–water partition coefficient (Wildman–Crippen LogP) is 16.3. The molecule has 0 fully saturated rings. The van der Waals surface area contributed by atoms with Gasteiger partial charge in [-0.15, -0.1) is 22.7 Å². The van der Waals surface area contributed by atoms with Crippen molar-refractivity contribution >= 4 is 102 Å². The Morgan fingerprint density at radius 2 is 0.983 bits per heavy atom. The molecule has 0 bridgehead atoms. The summed E-state index contributed by atoms with van der Waals surface area (Å²) in [5.41, 5.74) is 10.7. The van der Waals surface area contributed by atoms with E-state index in [2.05, 4.69) is 216 Å². The molecule has 0 N–H and O–H groups in total. The highest BCUT2D eigenvalue weighted by Gasteiger charge is 2.20. The zero-order valence-corrected chi connectivity index (χ0v) is 33.0. The standard InChI is InChI=1S/C54H34N2S2/c1-2-13-41(14-3-1)56-48-18-8-6-16-46(48)52-47-34-40(27-32-51(47)58-54(52)56)37-25-30-43(31-26-37)55(49-19-10-17-45-44-15-7-9-20-50(44)57-53(45)49)42-28-23-36(24-29-42)39-22-21-35-11-4-5-12-38(35)33-39/h1-34H. The van der Waals surface area contributed by atoms with Gasteiger partial charge in [-0.2, -0.15) is 0 Å². The van der Waals surface area contributed by atoms with Gasteiger partial charge in [0.05, 0.1) is 15.9 Å². The molecule has 0 aliphatic rings. The van der Waals surface area contributed by atoms with Crippen LogP contribution in [0.1, 0.15) is 0 Å². The second kappa shape index (κ2) is 13.3. The third kappa shape index (κ3) is 5.30. The second-order valence-electron chi connectivity index (χ2n) is 14.9. The summed E-state index contributed by atoms with van der Waals surface area (Å²) >= 11 is 3.74. The smallest absolute Gasteiger partial charge is 0.109 e. The fourth-order valence-electron chi connectivity index (χ4n) is 8.82. The SMILES string of the molecule is c1ccc(-n2c3ccccc3c3c4cc(-c5ccc(N(c6ccc(-c7ccc8ccccc8c7)cc6)c6cccc7c6sc6ccccc67)cc5)ccc4sc32)cc1. The first-order valence-corrected chi connectivity index (χ1v) is 21.3. The van der Waals surface area contributed by atoms with E-state index in [1.807, 2.05) is 22.7 Å². The first-order valence-electron chi connectivity index (χ1n) is 19.7. The Bertz CT molecular complexity index is 3500. The zero-order valence-electron chi connectivity index (χ0n) is 31.3. The van der Waals surface area contributed by atoms with E-state index in [9.17, 15) is 0 Å². The Hall–Kier alpha value is -6.98. The molecule has 12 rings (SSSR count). The molecule has 2 nitrogen and oxygen atoms in total. The molecule has 0 unspecified atom stereocenters. The highest BCUT2D eigenvalue weighted by molar-refractivity contribution is 7.26. The molecule has 12 aromatic rings. The lowest BCUT2D eigenvalue weighted by Gasteiger charge is -2.26. The summed E-state index contributed by atoms with van der Waals surface area (Å²) in [6.07, 6.45) is 0. The minimum absolute atomic E-state index is 1.12. The zero-order chi connectivity index (χ0) is 38.2. The quantitative estimate of drug-likeness (QED) is 0.163. The summed E-state index contributed by atoms with van der Waals surface area (Å²) in [6.45, 7) is 0. The number of rotatable bonds is 6. The second-order valence-corrected chi connectivity index (χ2v) is 17.0. The molecule has 0 radical (unpaired) electrons. The average Bonchev–Trinajstić information content (AvgIpc) is 3.96. The van der Waals surface area contributed by atoms with Crippen molar-refractivity contribution in [3.8, 4) is 27.9 Å². The Morgan fingerprint density at radius 3 is 1.78 bits per heavy atom. The van der Waals surface area contributed by atoms with Crippen LogP contribution in [0.5, 0.6) is 0 Å². The Morgan fingerprint density at radius 1 is 0.379 bits per heavy atom. The van der Waals surface area contributed by atoms with Crippen LogP contribution in [0.3, 0.4) is 0 Å². The van der Waals surface area contributed by atoms with Crippen molar-refractivity contribution in [1.29, 1.82) is 0 Å². The molecule has 3 heterocycles. The van der Waals surface area contributed by atoms with E-state index in [1.165, 1.54) is 95.8 Å². The van der Waals surface area contributed by atoms with Gasteiger partial charge in [-0.05, 0) is 106 Å². The first kappa shape index (κ1) is 33.2. The fourth-order valence-corrected chi connectivity index (χ4v) is 11.3. The normalized spacial score (nSPS) is 11.8. The summed E-state index contributed by atoms with van der Waals surface area (Å²) in [5, 5.41) is 9.02. The maximum absolute atomic E-state index is 2.43. The van der Waals surface area contributed by atoms with E-state index in [0.29, 0.717) is 0 Å². The van der Waals surface area contributed by atoms with Gasteiger partial charge in [0.15, 0.2) is 0 Å². The average molecular weight is 775 g/mol. The molecule has 0 aliphatic heterocycles. The van der Waals surface area contributed by atoms with Gasteiger partial charge in [0.1, 0.15) is 4.83 Å². The number of para-hydroxylation sites is 2. The third-order valence-electron chi connectivity index (χ3n) is 11.6. The molecular formula is C54H34N2S2. The van der Waals surface area contributed by atoms with Crippen molar-refractivity contribution in [1.82, 2.24) is 4.57 Å². The number of hydrogen-bond donors (Lipinski definition) is 0. The molecule has 0 spiro atoms. The number of benzene rings is 9. The van der Waals surface area contributed by atoms with E-state index in [0.717, 1.165) is 11.4 Å². The maximum Gasteiger partial charge on any atom is 0.109 e. The van der Waals surface area contributed by atoms with E-state index in [-0.39, 0.29) is 0 Å². The molecule has 0 saturated carbocycles.